The minimum absolute atomic E-state index is 0.0588. The van der Waals surface area contributed by atoms with Crippen LogP contribution >= 0.6 is 0 Å². The van der Waals surface area contributed by atoms with Crippen molar-refractivity contribution in [1.82, 2.24) is 20.0 Å². The summed E-state index contributed by atoms with van der Waals surface area (Å²) < 4.78 is 0. The van der Waals surface area contributed by atoms with E-state index in [0.29, 0.717) is 6.42 Å². The standard InChI is InChI=1S/C14H26N4O2/c1-16(12-14(20)18-10-5-15-6-11-18)13(19)4-9-17-7-2-3-8-17/h15H,2-12H2,1H3. The lowest BCUT2D eigenvalue weighted by Crippen LogP contribution is -2.49. The van der Waals surface area contributed by atoms with E-state index >= 15 is 0 Å². The van der Waals surface area contributed by atoms with Crippen LogP contribution in [-0.2, 0) is 9.59 Å². The van der Waals surface area contributed by atoms with Crippen molar-refractivity contribution in [2.75, 3.05) is 59.4 Å². The summed E-state index contributed by atoms with van der Waals surface area (Å²) in [7, 11) is 1.73. The van der Waals surface area contributed by atoms with Gasteiger partial charge in [0.1, 0.15) is 0 Å². The lowest BCUT2D eigenvalue weighted by molar-refractivity contribution is -0.139. The maximum Gasteiger partial charge on any atom is 0.242 e. The largest absolute Gasteiger partial charge is 0.339 e. The van der Waals surface area contributed by atoms with Gasteiger partial charge < -0.3 is 20.0 Å². The highest BCUT2D eigenvalue weighted by molar-refractivity contribution is 5.84. The minimum Gasteiger partial charge on any atom is -0.339 e. The van der Waals surface area contributed by atoms with Crippen LogP contribution in [0.3, 0.4) is 0 Å². The summed E-state index contributed by atoms with van der Waals surface area (Å²) in [5.74, 6) is 0.129. The fourth-order valence-corrected chi connectivity index (χ4v) is 2.76. The molecule has 2 fully saturated rings. The topological polar surface area (TPSA) is 55.9 Å². The first kappa shape index (κ1) is 15.3. The maximum atomic E-state index is 12.1. The van der Waals surface area contributed by atoms with Gasteiger partial charge in [-0.15, -0.1) is 0 Å². The van der Waals surface area contributed by atoms with E-state index in [-0.39, 0.29) is 18.4 Å². The van der Waals surface area contributed by atoms with E-state index in [1.54, 1.807) is 11.9 Å². The van der Waals surface area contributed by atoms with Crippen LogP contribution in [0.5, 0.6) is 0 Å². The number of amides is 2. The summed E-state index contributed by atoms with van der Waals surface area (Å²) in [6.07, 6.45) is 3.00. The second kappa shape index (κ2) is 7.59. The van der Waals surface area contributed by atoms with Gasteiger partial charge in [-0.3, -0.25) is 9.59 Å². The van der Waals surface area contributed by atoms with Gasteiger partial charge in [-0.25, -0.2) is 0 Å². The van der Waals surface area contributed by atoms with Crippen molar-refractivity contribution in [3.05, 3.63) is 0 Å². The van der Waals surface area contributed by atoms with Crippen molar-refractivity contribution in [2.45, 2.75) is 19.3 Å². The first-order chi connectivity index (χ1) is 9.66. The van der Waals surface area contributed by atoms with Gasteiger partial charge in [0.2, 0.25) is 11.8 Å². The highest BCUT2D eigenvalue weighted by Gasteiger charge is 2.20. The van der Waals surface area contributed by atoms with Gasteiger partial charge in [0, 0.05) is 46.2 Å². The van der Waals surface area contributed by atoms with Gasteiger partial charge in [0.15, 0.2) is 0 Å². The van der Waals surface area contributed by atoms with Gasteiger partial charge in [0.25, 0.3) is 0 Å². The van der Waals surface area contributed by atoms with E-state index in [2.05, 4.69) is 10.2 Å². The molecule has 0 bridgehead atoms. The smallest absolute Gasteiger partial charge is 0.242 e. The molecule has 0 aliphatic carbocycles. The summed E-state index contributed by atoms with van der Waals surface area (Å²) >= 11 is 0. The Balaban J connectivity index is 1.68. The minimum atomic E-state index is 0.0588. The van der Waals surface area contributed by atoms with E-state index in [1.165, 1.54) is 12.8 Å². The molecule has 0 saturated carbocycles. The fourth-order valence-electron chi connectivity index (χ4n) is 2.76. The number of piperazine rings is 1. The Kier molecular flexibility index (Phi) is 5.79. The normalized spacial score (nSPS) is 20.1. The Morgan fingerprint density at radius 3 is 2.40 bits per heavy atom. The molecule has 0 aromatic heterocycles. The number of nitrogens with one attached hydrogen (secondary N) is 1. The number of rotatable bonds is 5. The molecule has 114 valence electrons. The van der Waals surface area contributed by atoms with Crippen LogP contribution in [-0.4, -0.2) is 85.9 Å². The third-order valence-corrected chi connectivity index (χ3v) is 4.11. The molecule has 0 aromatic carbocycles. The van der Waals surface area contributed by atoms with Crippen molar-refractivity contribution in [1.29, 1.82) is 0 Å². The summed E-state index contributed by atoms with van der Waals surface area (Å²) in [5, 5.41) is 3.22. The molecular formula is C14H26N4O2. The summed E-state index contributed by atoms with van der Waals surface area (Å²) in [6.45, 7) is 6.43. The highest BCUT2D eigenvalue weighted by Crippen LogP contribution is 2.08. The zero-order valence-electron chi connectivity index (χ0n) is 12.4. The molecule has 2 amide bonds. The van der Waals surface area contributed by atoms with Crippen molar-refractivity contribution in [3.8, 4) is 0 Å². The van der Waals surface area contributed by atoms with Gasteiger partial charge in [-0.05, 0) is 25.9 Å². The van der Waals surface area contributed by atoms with Gasteiger partial charge in [-0.2, -0.15) is 0 Å². The fraction of sp³-hybridized carbons (Fsp3) is 0.857. The Hall–Kier alpha value is -1.14. The predicted molar refractivity (Wildman–Crippen MR) is 77.4 cm³/mol. The average molecular weight is 282 g/mol. The van der Waals surface area contributed by atoms with E-state index < -0.39 is 0 Å². The Morgan fingerprint density at radius 1 is 1.10 bits per heavy atom. The Morgan fingerprint density at radius 2 is 1.75 bits per heavy atom. The number of likely N-dealkylation sites (tertiary alicyclic amines) is 1. The molecule has 0 radical (unpaired) electrons. The van der Waals surface area contributed by atoms with Crippen LogP contribution in [0.4, 0.5) is 0 Å². The summed E-state index contributed by atoms with van der Waals surface area (Å²) in [5.41, 5.74) is 0. The van der Waals surface area contributed by atoms with E-state index in [4.69, 9.17) is 0 Å². The van der Waals surface area contributed by atoms with Crippen LogP contribution in [0.1, 0.15) is 19.3 Å². The third-order valence-electron chi connectivity index (χ3n) is 4.11. The van der Waals surface area contributed by atoms with Crippen LogP contribution in [0.25, 0.3) is 0 Å². The average Bonchev–Trinajstić information content (AvgIpc) is 2.98. The van der Waals surface area contributed by atoms with Crippen molar-refractivity contribution >= 4 is 11.8 Å². The SMILES string of the molecule is CN(CC(=O)N1CCNCC1)C(=O)CCN1CCCC1. The van der Waals surface area contributed by atoms with E-state index in [0.717, 1.165) is 45.8 Å². The van der Waals surface area contributed by atoms with Gasteiger partial charge >= 0.3 is 0 Å². The molecule has 1 N–H and O–H groups in total. The van der Waals surface area contributed by atoms with Crippen LogP contribution in [0.2, 0.25) is 0 Å². The van der Waals surface area contributed by atoms with Gasteiger partial charge in [0.05, 0.1) is 6.54 Å². The predicted octanol–water partition coefficient (Wildman–Crippen LogP) is -0.637. The third kappa shape index (κ3) is 4.45. The zero-order chi connectivity index (χ0) is 14.4. The van der Waals surface area contributed by atoms with Crippen LogP contribution < -0.4 is 5.32 Å². The van der Waals surface area contributed by atoms with E-state index in [9.17, 15) is 9.59 Å². The number of nitrogens with zero attached hydrogens (tertiary/aromatic N) is 3. The van der Waals surface area contributed by atoms with Crippen LogP contribution in [0.15, 0.2) is 0 Å². The number of hydrogen-bond acceptors (Lipinski definition) is 4. The molecule has 6 nitrogen and oxygen atoms in total. The van der Waals surface area contributed by atoms with Gasteiger partial charge in [-0.1, -0.05) is 0 Å². The molecule has 6 heteroatoms. The zero-order valence-corrected chi connectivity index (χ0v) is 12.4. The van der Waals surface area contributed by atoms with Crippen molar-refractivity contribution in [2.24, 2.45) is 0 Å². The van der Waals surface area contributed by atoms with Crippen molar-refractivity contribution in [3.63, 3.8) is 0 Å². The number of likely N-dealkylation sites (N-methyl/N-ethyl adjacent to an activating group) is 1. The van der Waals surface area contributed by atoms with Crippen molar-refractivity contribution < 1.29 is 9.59 Å². The molecule has 20 heavy (non-hydrogen) atoms. The second-order valence-electron chi connectivity index (χ2n) is 5.68. The molecule has 2 aliphatic rings. The maximum absolute atomic E-state index is 12.1. The summed E-state index contributed by atoms with van der Waals surface area (Å²) in [6, 6.07) is 0. The lowest BCUT2D eigenvalue weighted by atomic mass is 10.3. The lowest BCUT2D eigenvalue weighted by Gasteiger charge is -2.29. The van der Waals surface area contributed by atoms with Crippen LogP contribution in [0, 0.1) is 0 Å². The Bertz CT molecular complexity index is 336. The molecule has 2 saturated heterocycles. The van der Waals surface area contributed by atoms with E-state index in [1.807, 2.05) is 4.90 Å². The molecular weight excluding hydrogens is 256 g/mol. The number of carbonyl (C=O) groups excluding carboxylic acids is 2. The number of hydrogen-bond donors (Lipinski definition) is 1. The Labute approximate surface area is 121 Å². The first-order valence-corrected chi connectivity index (χ1v) is 7.61. The highest BCUT2D eigenvalue weighted by atomic mass is 16.2. The second-order valence-corrected chi connectivity index (χ2v) is 5.68. The summed E-state index contributed by atoms with van der Waals surface area (Å²) in [4.78, 5) is 29.8. The molecule has 2 rings (SSSR count). The molecule has 2 aliphatic heterocycles. The monoisotopic (exact) mass is 282 g/mol. The molecule has 0 unspecified atom stereocenters. The molecule has 2 heterocycles. The quantitative estimate of drug-likeness (QED) is 0.729. The molecule has 0 atom stereocenters. The first-order valence-electron chi connectivity index (χ1n) is 7.61. The number of carbonyl (C=O) groups is 2. The molecule has 0 spiro atoms. The molecule has 0 aromatic rings.